The molecule has 0 atom stereocenters. The molecule has 2 fully saturated rings. The number of piperazine rings is 1. The van der Waals surface area contributed by atoms with E-state index in [1.807, 2.05) is 11.9 Å². The van der Waals surface area contributed by atoms with E-state index in [0.717, 1.165) is 24.6 Å². The van der Waals surface area contributed by atoms with E-state index in [0.29, 0.717) is 24.6 Å². The number of nitrogens with zero attached hydrogens (tertiary/aromatic N) is 6. The maximum Gasteiger partial charge on any atom is 0.257 e. The molecule has 1 saturated carbocycles. The van der Waals surface area contributed by atoms with E-state index in [-0.39, 0.29) is 5.91 Å². The molecule has 1 aliphatic carbocycles. The lowest BCUT2D eigenvalue weighted by atomic mass is 10.2. The van der Waals surface area contributed by atoms with Gasteiger partial charge in [-0.2, -0.15) is 5.10 Å². The molecule has 0 radical (unpaired) electrons. The average molecular weight is 312 g/mol. The Balaban J connectivity index is 1.40. The predicted molar refractivity (Wildman–Crippen MR) is 85.3 cm³/mol. The van der Waals surface area contributed by atoms with Crippen molar-refractivity contribution in [2.45, 2.75) is 18.8 Å². The van der Waals surface area contributed by atoms with Gasteiger partial charge in [0.15, 0.2) is 0 Å². The topological polar surface area (TPSA) is 67.2 Å². The lowest BCUT2D eigenvalue weighted by Crippen LogP contribution is -2.49. The van der Waals surface area contributed by atoms with Crippen molar-refractivity contribution in [3.8, 4) is 0 Å². The summed E-state index contributed by atoms with van der Waals surface area (Å²) in [5.41, 5.74) is 1.81. The van der Waals surface area contributed by atoms with Gasteiger partial charge in [0.25, 0.3) is 5.91 Å². The normalized spacial score (nSPS) is 18.3. The van der Waals surface area contributed by atoms with Gasteiger partial charge in [0, 0.05) is 57.1 Å². The van der Waals surface area contributed by atoms with Gasteiger partial charge in [0.05, 0.1) is 11.8 Å². The van der Waals surface area contributed by atoms with Crippen LogP contribution in [0.15, 0.2) is 24.8 Å². The number of hydrogen-bond donors (Lipinski definition) is 0. The van der Waals surface area contributed by atoms with Crippen molar-refractivity contribution < 1.29 is 4.79 Å². The van der Waals surface area contributed by atoms with Gasteiger partial charge in [-0.05, 0) is 12.8 Å². The second kappa shape index (κ2) is 5.64. The maximum absolute atomic E-state index is 12.4. The second-order valence-corrected chi connectivity index (χ2v) is 6.26. The molecule has 0 aromatic carbocycles. The molecule has 4 rings (SSSR count). The fourth-order valence-electron chi connectivity index (χ4n) is 2.99. The van der Waals surface area contributed by atoms with Crippen molar-refractivity contribution in [2.24, 2.45) is 7.05 Å². The Bertz CT molecular complexity index is 715. The highest BCUT2D eigenvalue weighted by molar-refractivity contribution is 5.93. The first kappa shape index (κ1) is 14.2. The zero-order valence-corrected chi connectivity index (χ0v) is 13.2. The summed E-state index contributed by atoms with van der Waals surface area (Å²) in [4.78, 5) is 25.3. The van der Waals surface area contributed by atoms with Crippen LogP contribution in [0.3, 0.4) is 0 Å². The molecule has 3 heterocycles. The van der Waals surface area contributed by atoms with Crippen LogP contribution < -0.4 is 4.90 Å². The van der Waals surface area contributed by atoms with Gasteiger partial charge in [-0.3, -0.25) is 9.48 Å². The van der Waals surface area contributed by atoms with E-state index in [4.69, 9.17) is 0 Å². The molecule has 1 saturated heterocycles. The molecule has 7 heteroatoms. The minimum Gasteiger partial charge on any atom is -0.353 e. The number of carbonyl (C=O) groups excluding carboxylic acids is 1. The van der Waals surface area contributed by atoms with Crippen LogP contribution >= 0.6 is 0 Å². The molecule has 7 nitrogen and oxygen atoms in total. The van der Waals surface area contributed by atoms with Gasteiger partial charge in [0.2, 0.25) is 0 Å². The van der Waals surface area contributed by atoms with Crippen molar-refractivity contribution in [3.05, 3.63) is 36.0 Å². The lowest BCUT2D eigenvalue weighted by Gasteiger charge is -2.35. The van der Waals surface area contributed by atoms with Gasteiger partial charge >= 0.3 is 0 Å². The monoisotopic (exact) mass is 312 g/mol. The maximum atomic E-state index is 12.4. The highest BCUT2D eigenvalue weighted by atomic mass is 16.2. The number of aromatic nitrogens is 4. The molecule has 2 aromatic rings. The van der Waals surface area contributed by atoms with Crippen molar-refractivity contribution in [2.75, 3.05) is 31.1 Å². The molecule has 1 amide bonds. The van der Waals surface area contributed by atoms with Crippen LogP contribution in [0.4, 0.5) is 5.82 Å². The van der Waals surface area contributed by atoms with E-state index in [2.05, 4.69) is 26.0 Å². The fraction of sp³-hybridized carbons (Fsp3) is 0.500. The molecule has 0 unspecified atom stereocenters. The van der Waals surface area contributed by atoms with Crippen LogP contribution in [0, 0.1) is 0 Å². The Morgan fingerprint density at radius 3 is 2.61 bits per heavy atom. The molecular weight excluding hydrogens is 292 g/mol. The fourth-order valence-corrected chi connectivity index (χ4v) is 2.99. The average Bonchev–Trinajstić information content (AvgIpc) is 3.36. The summed E-state index contributed by atoms with van der Waals surface area (Å²) in [5.74, 6) is 1.67. The van der Waals surface area contributed by atoms with Crippen molar-refractivity contribution in [1.29, 1.82) is 0 Å². The predicted octanol–water partition coefficient (Wildman–Crippen LogP) is 1.05. The molecule has 0 N–H and O–H groups in total. The van der Waals surface area contributed by atoms with E-state index < -0.39 is 0 Å². The number of rotatable bonds is 3. The Hall–Kier alpha value is -2.44. The zero-order valence-electron chi connectivity index (χ0n) is 13.2. The lowest BCUT2D eigenvalue weighted by molar-refractivity contribution is 0.0746. The summed E-state index contributed by atoms with van der Waals surface area (Å²) in [6.07, 6.45) is 7.53. The molecule has 23 heavy (non-hydrogen) atoms. The van der Waals surface area contributed by atoms with Gasteiger partial charge in [-0.1, -0.05) is 0 Å². The van der Waals surface area contributed by atoms with Crippen LogP contribution in [0.2, 0.25) is 0 Å². The van der Waals surface area contributed by atoms with Gasteiger partial charge in [0.1, 0.15) is 12.1 Å². The largest absolute Gasteiger partial charge is 0.353 e. The minimum absolute atomic E-state index is 0.0547. The SMILES string of the molecule is Cn1cc(C(=O)N2CCN(c3cc(C4CC4)ncn3)CC2)cn1. The van der Waals surface area contributed by atoms with Crippen LogP contribution in [-0.2, 0) is 7.05 Å². The first-order valence-electron chi connectivity index (χ1n) is 8.05. The zero-order chi connectivity index (χ0) is 15.8. The van der Waals surface area contributed by atoms with Crippen molar-refractivity contribution in [3.63, 3.8) is 0 Å². The quantitative estimate of drug-likeness (QED) is 0.847. The van der Waals surface area contributed by atoms with E-state index >= 15 is 0 Å². The summed E-state index contributed by atoms with van der Waals surface area (Å²) in [5, 5.41) is 4.07. The van der Waals surface area contributed by atoms with E-state index in [9.17, 15) is 4.79 Å². The molecule has 120 valence electrons. The third kappa shape index (κ3) is 2.91. The third-order valence-electron chi connectivity index (χ3n) is 4.51. The summed E-state index contributed by atoms with van der Waals surface area (Å²) < 4.78 is 1.66. The number of anilines is 1. The third-order valence-corrected chi connectivity index (χ3v) is 4.51. The number of aryl methyl sites for hydroxylation is 1. The van der Waals surface area contributed by atoms with Crippen molar-refractivity contribution in [1.82, 2.24) is 24.6 Å². The minimum atomic E-state index is 0.0547. The second-order valence-electron chi connectivity index (χ2n) is 6.26. The summed E-state index contributed by atoms with van der Waals surface area (Å²) in [6, 6.07) is 2.11. The number of amides is 1. The van der Waals surface area contributed by atoms with Crippen LogP contribution in [-0.4, -0.2) is 56.7 Å². The van der Waals surface area contributed by atoms with Crippen LogP contribution in [0.5, 0.6) is 0 Å². The molecule has 0 spiro atoms. The summed E-state index contributed by atoms with van der Waals surface area (Å²) in [6.45, 7) is 3.01. The van der Waals surface area contributed by atoms with E-state index in [1.165, 1.54) is 12.8 Å². The highest BCUT2D eigenvalue weighted by Gasteiger charge is 2.27. The molecular formula is C16H20N6O. The van der Waals surface area contributed by atoms with Gasteiger partial charge in [-0.25, -0.2) is 9.97 Å². The molecule has 1 aliphatic heterocycles. The Morgan fingerprint density at radius 2 is 1.96 bits per heavy atom. The van der Waals surface area contributed by atoms with Gasteiger partial charge < -0.3 is 9.80 Å². The van der Waals surface area contributed by atoms with Crippen LogP contribution in [0.25, 0.3) is 0 Å². The van der Waals surface area contributed by atoms with Crippen LogP contribution in [0.1, 0.15) is 34.8 Å². The summed E-state index contributed by atoms with van der Waals surface area (Å²) >= 11 is 0. The standard InChI is InChI=1S/C16H20N6O/c1-20-10-13(9-19-20)16(23)22-6-4-21(5-7-22)15-8-14(12-2-3-12)17-11-18-15/h8-12H,2-7H2,1H3. The first-order valence-corrected chi connectivity index (χ1v) is 8.05. The number of hydrogen-bond acceptors (Lipinski definition) is 5. The van der Waals surface area contributed by atoms with E-state index in [1.54, 1.807) is 23.4 Å². The Morgan fingerprint density at radius 1 is 1.17 bits per heavy atom. The van der Waals surface area contributed by atoms with Crippen molar-refractivity contribution >= 4 is 11.7 Å². The molecule has 0 bridgehead atoms. The summed E-state index contributed by atoms with van der Waals surface area (Å²) in [7, 11) is 1.82. The Kier molecular flexibility index (Phi) is 3.48. The highest BCUT2D eigenvalue weighted by Crippen LogP contribution is 2.39. The first-order chi connectivity index (χ1) is 11.2. The Labute approximate surface area is 134 Å². The molecule has 2 aromatic heterocycles. The smallest absolute Gasteiger partial charge is 0.257 e. The van der Waals surface area contributed by atoms with Gasteiger partial charge in [-0.15, -0.1) is 0 Å². The molecule has 2 aliphatic rings. The number of carbonyl (C=O) groups is 1.